The van der Waals surface area contributed by atoms with Crippen LogP contribution in [0.4, 0.5) is 0 Å². The summed E-state index contributed by atoms with van der Waals surface area (Å²) < 4.78 is 10.3. The highest BCUT2D eigenvalue weighted by Crippen LogP contribution is 2.16. The van der Waals surface area contributed by atoms with Crippen molar-refractivity contribution in [2.24, 2.45) is 0 Å². The highest BCUT2D eigenvalue weighted by Gasteiger charge is 2.11. The van der Waals surface area contributed by atoms with Gasteiger partial charge in [0.25, 0.3) is 0 Å². The molecule has 1 aliphatic heterocycles. The predicted octanol–water partition coefficient (Wildman–Crippen LogP) is 1.13. The lowest BCUT2D eigenvalue weighted by Gasteiger charge is -2.22. The standard InChI is InChI=1S/C10H21NO2S/c1-12-6-7-13-5-4-11-10-2-8-14-9-3-10/h10-11H,2-9H2,1H3. The van der Waals surface area contributed by atoms with Crippen LogP contribution in [-0.4, -0.2) is 51.0 Å². The molecule has 3 nitrogen and oxygen atoms in total. The third-order valence-corrected chi connectivity index (χ3v) is 3.38. The van der Waals surface area contributed by atoms with E-state index in [-0.39, 0.29) is 0 Å². The van der Waals surface area contributed by atoms with Gasteiger partial charge in [-0.2, -0.15) is 11.8 Å². The molecule has 0 saturated carbocycles. The molecule has 0 unspecified atom stereocenters. The third-order valence-electron chi connectivity index (χ3n) is 2.33. The first-order valence-electron chi connectivity index (χ1n) is 5.31. The van der Waals surface area contributed by atoms with Crippen LogP contribution in [0.5, 0.6) is 0 Å². The molecule has 1 saturated heterocycles. The van der Waals surface area contributed by atoms with Gasteiger partial charge in [-0.3, -0.25) is 0 Å². The Morgan fingerprint density at radius 2 is 2.00 bits per heavy atom. The minimum absolute atomic E-state index is 0.695. The van der Waals surface area contributed by atoms with Gasteiger partial charge >= 0.3 is 0 Å². The van der Waals surface area contributed by atoms with E-state index in [0.717, 1.165) is 19.2 Å². The summed E-state index contributed by atoms with van der Waals surface area (Å²) in [7, 11) is 1.70. The average Bonchev–Trinajstić information content (AvgIpc) is 2.25. The van der Waals surface area contributed by atoms with Crippen molar-refractivity contribution in [3.05, 3.63) is 0 Å². The number of ether oxygens (including phenoxy) is 2. The largest absolute Gasteiger partial charge is 0.382 e. The number of methoxy groups -OCH3 is 1. The molecule has 0 atom stereocenters. The van der Waals surface area contributed by atoms with Crippen LogP contribution in [0.15, 0.2) is 0 Å². The molecule has 1 fully saturated rings. The fraction of sp³-hybridized carbons (Fsp3) is 1.00. The SMILES string of the molecule is COCCOCCNC1CCSCC1. The van der Waals surface area contributed by atoms with Crippen LogP contribution in [0.1, 0.15) is 12.8 Å². The number of thioether (sulfide) groups is 1. The molecule has 0 aromatic carbocycles. The summed E-state index contributed by atoms with van der Waals surface area (Å²) in [5.74, 6) is 2.62. The Morgan fingerprint density at radius 1 is 1.21 bits per heavy atom. The van der Waals surface area contributed by atoms with E-state index in [1.165, 1.54) is 24.3 Å². The molecule has 1 aliphatic rings. The monoisotopic (exact) mass is 219 g/mol. The molecule has 0 radical (unpaired) electrons. The maximum Gasteiger partial charge on any atom is 0.0700 e. The van der Waals surface area contributed by atoms with Crippen LogP contribution in [0, 0.1) is 0 Å². The van der Waals surface area contributed by atoms with Crippen LogP contribution >= 0.6 is 11.8 Å². The van der Waals surface area contributed by atoms with Crippen molar-refractivity contribution < 1.29 is 9.47 Å². The minimum atomic E-state index is 0.695. The average molecular weight is 219 g/mol. The van der Waals surface area contributed by atoms with Gasteiger partial charge in [-0.05, 0) is 24.3 Å². The van der Waals surface area contributed by atoms with Crippen molar-refractivity contribution in [1.82, 2.24) is 5.32 Å². The van der Waals surface area contributed by atoms with E-state index in [1.54, 1.807) is 7.11 Å². The van der Waals surface area contributed by atoms with Crippen LogP contribution < -0.4 is 5.32 Å². The molecule has 1 rings (SSSR count). The van der Waals surface area contributed by atoms with E-state index < -0.39 is 0 Å². The van der Waals surface area contributed by atoms with Gasteiger partial charge in [-0.25, -0.2) is 0 Å². The summed E-state index contributed by atoms with van der Waals surface area (Å²) in [5.41, 5.74) is 0. The first-order chi connectivity index (χ1) is 6.93. The highest BCUT2D eigenvalue weighted by atomic mass is 32.2. The third kappa shape index (κ3) is 5.86. The lowest BCUT2D eigenvalue weighted by Crippen LogP contribution is -2.35. The number of hydrogen-bond acceptors (Lipinski definition) is 4. The highest BCUT2D eigenvalue weighted by molar-refractivity contribution is 7.99. The smallest absolute Gasteiger partial charge is 0.0700 e. The summed E-state index contributed by atoms with van der Waals surface area (Å²) in [6.07, 6.45) is 2.62. The van der Waals surface area contributed by atoms with Gasteiger partial charge < -0.3 is 14.8 Å². The number of rotatable bonds is 7. The molecule has 14 heavy (non-hydrogen) atoms. The normalized spacial score (nSPS) is 18.6. The van der Waals surface area contributed by atoms with Gasteiger partial charge in [0.2, 0.25) is 0 Å². The first kappa shape index (κ1) is 12.3. The number of hydrogen-bond donors (Lipinski definition) is 1. The molecule has 4 heteroatoms. The van der Waals surface area contributed by atoms with Gasteiger partial charge in [0, 0.05) is 19.7 Å². The topological polar surface area (TPSA) is 30.5 Å². The van der Waals surface area contributed by atoms with E-state index in [2.05, 4.69) is 17.1 Å². The second kappa shape index (κ2) is 8.53. The van der Waals surface area contributed by atoms with Crippen molar-refractivity contribution in [1.29, 1.82) is 0 Å². The summed E-state index contributed by atoms with van der Waals surface area (Å²) in [4.78, 5) is 0. The number of nitrogens with one attached hydrogen (secondary N) is 1. The van der Waals surface area contributed by atoms with Crippen LogP contribution in [0.25, 0.3) is 0 Å². The lowest BCUT2D eigenvalue weighted by molar-refractivity contribution is 0.0709. The Hall–Kier alpha value is 0.230. The summed E-state index contributed by atoms with van der Waals surface area (Å²) in [5, 5.41) is 3.52. The molecular weight excluding hydrogens is 198 g/mol. The molecule has 84 valence electrons. The zero-order valence-electron chi connectivity index (χ0n) is 8.96. The van der Waals surface area contributed by atoms with E-state index >= 15 is 0 Å². The van der Waals surface area contributed by atoms with Gasteiger partial charge in [0.05, 0.1) is 19.8 Å². The van der Waals surface area contributed by atoms with E-state index in [1.807, 2.05) is 0 Å². The van der Waals surface area contributed by atoms with Crippen molar-refractivity contribution in [3.63, 3.8) is 0 Å². The maximum atomic E-state index is 5.37. The van der Waals surface area contributed by atoms with Crippen LogP contribution in [-0.2, 0) is 9.47 Å². The molecule has 1 heterocycles. The van der Waals surface area contributed by atoms with Gasteiger partial charge in [0.1, 0.15) is 0 Å². The Morgan fingerprint density at radius 3 is 2.71 bits per heavy atom. The molecule has 0 aromatic heterocycles. The Bertz CT molecular complexity index is 129. The Kier molecular flexibility index (Phi) is 7.50. The second-order valence-corrected chi connectivity index (χ2v) is 4.67. The zero-order chi connectivity index (χ0) is 10.1. The van der Waals surface area contributed by atoms with Crippen LogP contribution in [0.3, 0.4) is 0 Å². The fourth-order valence-electron chi connectivity index (χ4n) is 1.48. The lowest BCUT2D eigenvalue weighted by atomic mass is 10.1. The summed E-state index contributed by atoms with van der Waals surface area (Å²) in [6, 6.07) is 0.724. The van der Waals surface area contributed by atoms with E-state index in [9.17, 15) is 0 Å². The van der Waals surface area contributed by atoms with Gasteiger partial charge in [0.15, 0.2) is 0 Å². The molecular formula is C10H21NO2S. The maximum absolute atomic E-state index is 5.37. The molecule has 0 spiro atoms. The quantitative estimate of drug-likeness (QED) is 0.650. The van der Waals surface area contributed by atoms with Crippen LogP contribution in [0.2, 0.25) is 0 Å². The summed E-state index contributed by atoms with van der Waals surface area (Å²) in [6.45, 7) is 3.17. The van der Waals surface area contributed by atoms with Gasteiger partial charge in [-0.1, -0.05) is 0 Å². The first-order valence-corrected chi connectivity index (χ1v) is 6.47. The predicted molar refractivity (Wildman–Crippen MR) is 61.0 cm³/mol. The van der Waals surface area contributed by atoms with E-state index in [4.69, 9.17) is 9.47 Å². The molecule has 0 bridgehead atoms. The zero-order valence-corrected chi connectivity index (χ0v) is 9.78. The fourth-order valence-corrected chi connectivity index (χ4v) is 2.59. The van der Waals surface area contributed by atoms with Crippen molar-refractivity contribution in [2.45, 2.75) is 18.9 Å². The Labute approximate surface area is 90.9 Å². The Balaban J connectivity index is 1.82. The summed E-state index contributed by atoms with van der Waals surface area (Å²) >= 11 is 2.06. The van der Waals surface area contributed by atoms with Crippen molar-refractivity contribution in [2.75, 3.05) is 45.0 Å². The van der Waals surface area contributed by atoms with E-state index in [0.29, 0.717) is 13.2 Å². The molecule has 0 aromatic rings. The second-order valence-electron chi connectivity index (χ2n) is 3.45. The molecule has 0 aliphatic carbocycles. The van der Waals surface area contributed by atoms with Gasteiger partial charge in [-0.15, -0.1) is 0 Å². The molecule has 1 N–H and O–H groups in total. The van der Waals surface area contributed by atoms with Crippen molar-refractivity contribution in [3.8, 4) is 0 Å². The minimum Gasteiger partial charge on any atom is -0.382 e. The van der Waals surface area contributed by atoms with Crippen molar-refractivity contribution >= 4 is 11.8 Å². The molecule has 0 amide bonds.